The van der Waals surface area contributed by atoms with E-state index in [1.807, 2.05) is 36.4 Å². The molecule has 0 atom stereocenters. The van der Waals surface area contributed by atoms with Crippen molar-refractivity contribution in [2.24, 2.45) is 23.5 Å². The Morgan fingerprint density at radius 1 is 0.578 bits per heavy atom. The number of nitrogens with zero attached hydrogens (tertiary/aromatic N) is 2. The van der Waals surface area contributed by atoms with E-state index in [9.17, 15) is 0 Å². The molecule has 2 aromatic carbocycles. The number of fused-ring (bicyclic) bond motifs is 2. The van der Waals surface area contributed by atoms with Crippen LogP contribution in [0.25, 0.3) is 22.1 Å². The minimum atomic E-state index is 0. The van der Waals surface area contributed by atoms with Gasteiger partial charge in [-0.05, 0) is 100 Å². The molecule has 0 unspecified atom stereocenters. The molecule has 0 spiro atoms. The third kappa shape index (κ3) is 12.3. The van der Waals surface area contributed by atoms with Crippen LogP contribution in [0, 0.1) is 17.8 Å². The zero-order valence-corrected chi connectivity index (χ0v) is 25.3. The lowest BCUT2D eigenvalue weighted by Crippen LogP contribution is -2.31. The molecule has 2 aliphatic carbocycles. The average Bonchev–Trinajstić information content (AvgIpc) is 3.68. The Hall–Kier alpha value is -3.10. The number of aromatic nitrogens is 4. The molecule has 2 saturated carbocycles. The highest BCUT2D eigenvalue weighted by atomic mass is 15.1. The van der Waals surface area contributed by atoms with Crippen LogP contribution in [0.1, 0.15) is 99.3 Å². The van der Waals surface area contributed by atoms with Gasteiger partial charge in [0, 0.05) is 13.1 Å². The summed E-state index contributed by atoms with van der Waals surface area (Å²) < 4.78 is 0. The molecule has 1 aliphatic heterocycles. The maximum atomic E-state index is 5.50. The van der Waals surface area contributed by atoms with Crippen LogP contribution in [0.15, 0.2) is 48.5 Å². The summed E-state index contributed by atoms with van der Waals surface area (Å²) in [7, 11) is 0. The Balaban J connectivity index is 0.000000241. The molecule has 7 rings (SSSR count). The molecule has 2 aromatic heterocycles. The predicted octanol–water partition coefficient (Wildman–Crippen LogP) is 8.96. The van der Waals surface area contributed by atoms with Gasteiger partial charge >= 0.3 is 0 Å². The first kappa shape index (κ1) is 38.1. The van der Waals surface area contributed by atoms with E-state index in [0.29, 0.717) is 0 Å². The van der Waals surface area contributed by atoms with Crippen molar-refractivity contribution in [3.05, 3.63) is 48.5 Å². The molecule has 3 heterocycles. The predicted molar refractivity (Wildman–Crippen MR) is 197 cm³/mol. The van der Waals surface area contributed by atoms with Crippen molar-refractivity contribution in [1.29, 1.82) is 0 Å². The highest BCUT2D eigenvalue weighted by Crippen LogP contribution is 2.24. The van der Waals surface area contributed by atoms with Crippen molar-refractivity contribution in [2.75, 3.05) is 43.4 Å². The largest absolute Gasteiger partial charge is 0.356 e. The summed E-state index contributed by atoms with van der Waals surface area (Å²) in [6.07, 6.45) is 16.5. The number of benzene rings is 2. The van der Waals surface area contributed by atoms with Crippen LogP contribution >= 0.6 is 0 Å². The number of piperidine rings is 1. The van der Waals surface area contributed by atoms with Gasteiger partial charge in [0.25, 0.3) is 0 Å². The number of hydrogen-bond acceptors (Lipinski definition) is 6. The van der Waals surface area contributed by atoms with Gasteiger partial charge < -0.3 is 31.7 Å². The SMILES string of the molecule is C.C.C.NCC1CCCCC1.c1ccc2[nH]c(NCC3CCCCC3)nc2c1.c1ccc2[nH]c(NCC3CCNCC3)nc2c1. The fraction of sp³-hybridized carbons (Fsp3) is 0.622. The molecule has 4 aromatic rings. The van der Waals surface area contributed by atoms with Crippen LogP contribution in [0.4, 0.5) is 11.9 Å². The highest BCUT2D eigenvalue weighted by molar-refractivity contribution is 5.77. The summed E-state index contributed by atoms with van der Waals surface area (Å²) >= 11 is 0. The summed E-state index contributed by atoms with van der Waals surface area (Å²) in [5.41, 5.74) is 9.78. The molecule has 0 bridgehead atoms. The Morgan fingerprint density at radius 2 is 1.00 bits per heavy atom. The smallest absolute Gasteiger partial charge is 0.201 e. The van der Waals surface area contributed by atoms with Crippen LogP contribution < -0.4 is 21.7 Å². The van der Waals surface area contributed by atoms with Crippen LogP contribution in [0.3, 0.4) is 0 Å². The molecule has 252 valence electrons. The van der Waals surface area contributed by atoms with Gasteiger partial charge in [-0.15, -0.1) is 0 Å². The quantitative estimate of drug-likeness (QED) is 0.123. The normalized spacial score (nSPS) is 17.4. The maximum Gasteiger partial charge on any atom is 0.201 e. The van der Waals surface area contributed by atoms with E-state index in [-0.39, 0.29) is 22.3 Å². The molecule has 8 heteroatoms. The van der Waals surface area contributed by atoms with Gasteiger partial charge in [-0.2, -0.15) is 0 Å². The summed E-state index contributed by atoms with van der Waals surface area (Å²) in [5.74, 6) is 4.27. The number of nitrogens with two attached hydrogens (primary N) is 1. The fourth-order valence-corrected chi connectivity index (χ4v) is 6.46. The van der Waals surface area contributed by atoms with Crippen molar-refractivity contribution in [3.8, 4) is 0 Å². The summed E-state index contributed by atoms with van der Waals surface area (Å²) in [5, 5.41) is 10.2. The van der Waals surface area contributed by atoms with Gasteiger partial charge in [-0.3, -0.25) is 0 Å². The average molecular weight is 621 g/mol. The molecule has 45 heavy (non-hydrogen) atoms. The van der Waals surface area contributed by atoms with Gasteiger partial charge in [-0.1, -0.05) is 85.1 Å². The lowest BCUT2D eigenvalue weighted by molar-refractivity contribution is 0.366. The number of imidazole rings is 2. The van der Waals surface area contributed by atoms with Crippen LogP contribution in [0.5, 0.6) is 0 Å². The van der Waals surface area contributed by atoms with Crippen LogP contribution in [0.2, 0.25) is 0 Å². The first-order valence-electron chi connectivity index (χ1n) is 16.5. The van der Waals surface area contributed by atoms with Gasteiger partial charge in [0.1, 0.15) is 0 Å². The number of para-hydroxylation sites is 4. The molecule has 8 nitrogen and oxygen atoms in total. The summed E-state index contributed by atoms with van der Waals surface area (Å²) in [6.45, 7) is 5.28. The minimum Gasteiger partial charge on any atom is -0.356 e. The van der Waals surface area contributed by atoms with Gasteiger partial charge in [0.15, 0.2) is 0 Å². The van der Waals surface area contributed by atoms with E-state index in [2.05, 4.69) is 48.0 Å². The lowest BCUT2D eigenvalue weighted by Gasteiger charge is -2.22. The van der Waals surface area contributed by atoms with E-state index in [1.165, 1.54) is 77.0 Å². The second-order valence-electron chi connectivity index (χ2n) is 12.4. The summed E-state index contributed by atoms with van der Waals surface area (Å²) in [6, 6.07) is 16.3. The number of aromatic amines is 2. The molecular weight excluding hydrogens is 556 g/mol. The molecule has 0 radical (unpaired) electrons. The first-order valence-corrected chi connectivity index (χ1v) is 16.5. The highest BCUT2D eigenvalue weighted by Gasteiger charge is 2.14. The number of rotatable bonds is 7. The van der Waals surface area contributed by atoms with Crippen LogP contribution in [-0.4, -0.2) is 52.7 Å². The van der Waals surface area contributed by atoms with Crippen molar-refractivity contribution >= 4 is 34.0 Å². The van der Waals surface area contributed by atoms with Crippen molar-refractivity contribution in [2.45, 2.75) is 99.3 Å². The summed E-state index contributed by atoms with van der Waals surface area (Å²) in [4.78, 5) is 15.7. The first-order chi connectivity index (χ1) is 20.8. The van der Waals surface area contributed by atoms with Gasteiger partial charge in [0.2, 0.25) is 11.9 Å². The lowest BCUT2D eigenvalue weighted by atomic mass is 9.89. The third-order valence-corrected chi connectivity index (χ3v) is 9.14. The van der Waals surface area contributed by atoms with Crippen LogP contribution in [-0.2, 0) is 0 Å². The molecule has 1 saturated heterocycles. The van der Waals surface area contributed by atoms with Gasteiger partial charge in [0.05, 0.1) is 22.1 Å². The minimum absolute atomic E-state index is 0. The topological polar surface area (TPSA) is 119 Å². The van der Waals surface area contributed by atoms with E-state index in [1.54, 1.807) is 0 Å². The molecule has 7 N–H and O–H groups in total. The standard InChI is InChI=1S/C14H19N3.C13H18N4.C7H15N.3CH4/c1-2-6-11(7-3-1)10-15-14-16-12-8-4-5-9-13(12)17-14;1-2-4-12-11(3-1)16-13(17-12)15-9-10-5-7-14-8-6-10;8-6-7-4-2-1-3-5-7;;;/h4-5,8-9,11H,1-3,6-7,10H2,(H2,15,16,17);1-4,10,14H,5-9H2,(H2,15,16,17);7H,1-6,8H2;3*1H4. The second-order valence-corrected chi connectivity index (χ2v) is 12.4. The molecule has 3 aliphatic rings. The Kier molecular flexibility index (Phi) is 17.6. The molecular formula is C37H64N8. The van der Waals surface area contributed by atoms with Crippen molar-refractivity contribution < 1.29 is 0 Å². The Labute approximate surface area is 273 Å². The number of hydrogen-bond donors (Lipinski definition) is 6. The zero-order valence-electron chi connectivity index (χ0n) is 25.3. The number of nitrogens with one attached hydrogen (secondary N) is 5. The number of H-pyrrole nitrogens is 2. The Morgan fingerprint density at radius 3 is 1.42 bits per heavy atom. The van der Waals surface area contributed by atoms with E-state index in [0.717, 1.165) is 84.4 Å². The molecule has 3 fully saturated rings. The monoisotopic (exact) mass is 621 g/mol. The maximum absolute atomic E-state index is 5.50. The zero-order chi connectivity index (χ0) is 28.8. The van der Waals surface area contributed by atoms with Crippen molar-refractivity contribution in [1.82, 2.24) is 25.3 Å². The van der Waals surface area contributed by atoms with E-state index >= 15 is 0 Å². The van der Waals surface area contributed by atoms with E-state index in [4.69, 9.17) is 5.73 Å². The van der Waals surface area contributed by atoms with E-state index < -0.39 is 0 Å². The third-order valence-electron chi connectivity index (χ3n) is 9.14. The number of anilines is 2. The Bertz CT molecular complexity index is 1140. The second kappa shape index (κ2) is 20.8. The molecule has 0 amide bonds. The fourth-order valence-electron chi connectivity index (χ4n) is 6.46. The van der Waals surface area contributed by atoms with Crippen molar-refractivity contribution in [3.63, 3.8) is 0 Å². The van der Waals surface area contributed by atoms with Gasteiger partial charge in [-0.25, -0.2) is 9.97 Å².